The summed E-state index contributed by atoms with van der Waals surface area (Å²) in [5, 5.41) is 5.92. The molecule has 0 bridgehead atoms. The Balaban J connectivity index is 1.76. The molecule has 0 aliphatic heterocycles. The second-order valence-corrected chi connectivity index (χ2v) is 5.69. The van der Waals surface area contributed by atoms with Crippen LogP contribution in [0, 0.1) is 0 Å². The average Bonchev–Trinajstić information content (AvgIpc) is 2.70. The van der Waals surface area contributed by atoms with Gasteiger partial charge in [-0.2, -0.15) is 0 Å². The average molecular weight is 368 g/mol. The van der Waals surface area contributed by atoms with Crippen molar-refractivity contribution >= 4 is 23.6 Å². The van der Waals surface area contributed by atoms with Gasteiger partial charge < -0.3 is 20.1 Å². The Kier molecular flexibility index (Phi) is 7.91. The van der Waals surface area contributed by atoms with E-state index in [1.807, 2.05) is 48.5 Å². The summed E-state index contributed by atoms with van der Waals surface area (Å²) in [5.74, 6) is 0.286. The monoisotopic (exact) mass is 368 g/mol. The van der Waals surface area contributed by atoms with Crippen molar-refractivity contribution < 1.29 is 19.1 Å². The number of hydrogen-bond donors (Lipinski definition) is 2. The Morgan fingerprint density at radius 2 is 1.89 bits per heavy atom. The van der Waals surface area contributed by atoms with E-state index in [1.54, 1.807) is 20.1 Å². The molecule has 6 nitrogen and oxygen atoms in total. The van der Waals surface area contributed by atoms with Crippen molar-refractivity contribution in [2.45, 2.75) is 13.5 Å². The number of benzene rings is 2. The first kappa shape index (κ1) is 20.0. The SMILES string of the molecule is CCOC(=O)/C=C/c1ccc(NCC(=O)NCc2cccc(OC)c2)cc1. The number of hydrogen-bond acceptors (Lipinski definition) is 5. The summed E-state index contributed by atoms with van der Waals surface area (Å²) < 4.78 is 9.99. The molecule has 142 valence electrons. The zero-order valence-electron chi connectivity index (χ0n) is 15.5. The summed E-state index contributed by atoms with van der Waals surface area (Å²) >= 11 is 0. The van der Waals surface area contributed by atoms with Gasteiger partial charge in [0.15, 0.2) is 0 Å². The lowest BCUT2D eigenvalue weighted by atomic mass is 10.2. The fourth-order valence-corrected chi connectivity index (χ4v) is 2.29. The minimum Gasteiger partial charge on any atom is -0.497 e. The van der Waals surface area contributed by atoms with Crippen LogP contribution in [0.1, 0.15) is 18.1 Å². The Labute approximate surface area is 159 Å². The zero-order chi connectivity index (χ0) is 19.5. The smallest absolute Gasteiger partial charge is 0.330 e. The van der Waals surface area contributed by atoms with Crippen LogP contribution in [0.5, 0.6) is 5.75 Å². The van der Waals surface area contributed by atoms with Gasteiger partial charge >= 0.3 is 5.97 Å². The highest BCUT2D eigenvalue weighted by Gasteiger charge is 2.02. The van der Waals surface area contributed by atoms with Crippen molar-refractivity contribution in [3.8, 4) is 5.75 Å². The van der Waals surface area contributed by atoms with E-state index in [0.717, 1.165) is 22.6 Å². The first-order valence-corrected chi connectivity index (χ1v) is 8.69. The van der Waals surface area contributed by atoms with Gasteiger partial charge in [-0.05, 0) is 48.4 Å². The predicted octanol–water partition coefficient (Wildman–Crippen LogP) is 3.00. The van der Waals surface area contributed by atoms with Gasteiger partial charge in [0.25, 0.3) is 0 Å². The summed E-state index contributed by atoms with van der Waals surface area (Å²) in [6.07, 6.45) is 3.07. The first-order valence-electron chi connectivity index (χ1n) is 8.69. The molecular weight excluding hydrogens is 344 g/mol. The van der Waals surface area contributed by atoms with Crippen molar-refractivity contribution in [1.29, 1.82) is 0 Å². The van der Waals surface area contributed by atoms with Crippen molar-refractivity contribution in [2.24, 2.45) is 0 Å². The highest BCUT2D eigenvalue weighted by atomic mass is 16.5. The molecule has 0 aliphatic rings. The molecule has 2 aromatic rings. The summed E-state index contributed by atoms with van der Waals surface area (Å²) in [7, 11) is 1.61. The Bertz CT molecular complexity index is 785. The Morgan fingerprint density at radius 3 is 2.59 bits per heavy atom. The second kappa shape index (κ2) is 10.7. The van der Waals surface area contributed by atoms with Crippen molar-refractivity contribution in [1.82, 2.24) is 5.32 Å². The van der Waals surface area contributed by atoms with Gasteiger partial charge in [0.2, 0.25) is 5.91 Å². The maximum atomic E-state index is 12.0. The molecule has 0 unspecified atom stereocenters. The van der Waals surface area contributed by atoms with Crippen LogP contribution in [0.2, 0.25) is 0 Å². The number of amides is 1. The quantitative estimate of drug-likeness (QED) is 0.526. The molecule has 27 heavy (non-hydrogen) atoms. The molecule has 0 saturated heterocycles. The maximum Gasteiger partial charge on any atom is 0.330 e. The molecule has 2 aromatic carbocycles. The molecule has 0 aliphatic carbocycles. The number of nitrogens with one attached hydrogen (secondary N) is 2. The molecule has 0 aromatic heterocycles. The third kappa shape index (κ3) is 7.23. The van der Waals surface area contributed by atoms with Crippen LogP contribution < -0.4 is 15.4 Å². The number of carbonyl (C=O) groups excluding carboxylic acids is 2. The standard InChI is InChI=1S/C21H24N2O4/c1-3-27-21(25)12-9-16-7-10-18(11-8-16)22-15-20(24)23-14-17-5-4-6-19(13-17)26-2/h4-13,22H,3,14-15H2,1-2H3,(H,23,24)/b12-9+. The van der Waals surface area contributed by atoms with E-state index < -0.39 is 0 Å². The predicted molar refractivity (Wildman–Crippen MR) is 105 cm³/mol. The number of carbonyl (C=O) groups is 2. The summed E-state index contributed by atoms with van der Waals surface area (Å²) in [5.41, 5.74) is 2.66. The van der Waals surface area contributed by atoms with Crippen LogP contribution in [0.4, 0.5) is 5.69 Å². The molecule has 0 saturated carbocycles. The van der Waals surface area contributed by atoms with E-state index in [9.17, 15) is 9.59 Å². The van der Waals surface area contributed by atoms with Crippen molar-refractivity contribution in [3.63, 3.8) is 0 Å². The second-order valence-electron chi connectivity index (χ2n) is 5.69. The Morgan fingerprint density at radius 1 is 1.11 bits per heavy atom. The van der Waals surface area contributed by atoms with E-state index in [4.69, 9.17) is 9.47 Å². The van der Waals surface area contributed by atoms with E-state index in [2.05, 4.69) is 10.6 Å². The zero-order valence-corrected chi connectivity index (χ0v) is 15.5. The number of methoxy groups -OCH3 is 1. The fraction of sp³-hybridized carbons (Fsp3) is 0.238. The first-order chi connectivity index (χ1) is 13.1. The molecule has 0 spiro atoms. The lowest BCUT2D eigenvalue weighted by molar-refractivity contribution is -0.137. The van der Waals surface area contributed by atoms with Gasteiger partial charge in [-0.25, -0.2) is 4.79 Å². The highest BCUT2D eigenvalue weighted by Crippen LogP contribution is 2.12. The van der Waals surface area contributed by atoms with Crippen LogP contribution in [0.15, 0.2) is 54.6 Å². The molecule has 0 heterocycles. The highest BCUT2D eigenvalue weighted by molar-refractivity contribution is 5.87. The van der Waals surface area contributed by atoms with Gasteiger partial charge in [-0.15, -0.1) is 0 Å². The number of ether oxygens (including phenoxy) is 2. The maximum absolute atomic E-state index is 12.0. The number of rotatable bonds is 9. The third-order valence-electron chi connectivity index (χ3n) is 3.69. The van der Waals surface area contributed by atoms with E-state index in [-0.39, 0.29) is 18.4 Å². The molecular formula is C21H24N2O4. The van der Waals surface area contributed by atoms with E-state index in [0.29, 0.717) is 13.2 Å². The molecule has 6 heteroatoms. The fourth-order valence-electron chi connectivity index (χ4n) is 2.29. The summed E-state index contributed by atoms with van der Waals surface area (Å²) in [4.78, 5) is 23.3. The van der Waals surface area contributed by atoms with Crippen LogP contribution in [0.25, 0.3) is 6.08 Å². The van der Waals surface area contributed by atoms with E-state index >= 15 is 0 Å². The minimum absolute atomic E-state index is 0.107. The minimum atomic E-state index is -0.368. The summed E-state index contributed by atoms with van der Waals surface area (Å²) in [6.45, 7) is 2.72. The van der Waals surface area contributed by atoms with Crippen LogP contribution in [-0.4, -0.2) is 32.1 Å². The molecule has 1 amide bonds. The topological polar surface area (TPSA) is 76.7 Å². The largest absolute Gasteiger partial charge is 0.497 e. The van der Waals surface area contributed by atoms with Crippen LogP contribution in [0.3, 0.4) is 0 Å². The molecule has 0 radical (unpaired) electrons. The van der Waals surface area contributed by atoms with Crippen molar-refractivity contribution in [2.75, 3.05) is 25.6 Å². The molecule has 2 rings (SSSR count). The normalized spacial score (nSPS) is 10.4. The van der Waals surface area contributed by atoms with Gasteiger partial charge in [0.1, 0.15) is 5.75 Å². The summed E-state index contributed by atoms with van der Waals surface area (Å²) in [6, 6.07) is 15.0. The van der Waals surface area contributed by atoms with Gasteiger partial charge in [0.05, 0.1) is 20.3 Å². The number of anilines is 1. The lowest BCUT2D eigenvalue weighted by Crippen LogP contribution is -2.29. The van der Waals surface area contributed by atoms with E-state index in [1.165, 1.54) is 6.08 Å². The van der Waals surface area contributed by atoms with Gasteiger partial charge in [-0.3, -0.25) is 4.79 Å². The van der Waals surface area contributed by atoms with Crippen LogP contribution in [-0.2, 0) is 20.9 Å². The molecule has 0 fully saturated rings. The third-order valence-corrected chi connectivity index (χ3v) is 3.69. The molecule has 2 N–H and O–H groups in total. The Hall–Kier alpha value is -3.28. The molecule has 0 atom stereocenters. The lowest BCUT2D eigenvalue weighted by Gasteiger charge is -2.09. The van der Waals surface area contributed by atoms with Crippen LogP contribution >= 0.6 is 0 Å². The van der Waals surface area contributed by atoms with Gasteiger partial charge in [0, 0.05) is 18.3 Å². The number of esters is 1. The van der Waals surface area contributed by atoms with Crippen molar-refractivity contribution in [3.05, 3.63) is 65.7 Å². The van der Waals surface area contributed by atoms with Gasteiger partial charge in [-0.1, -0.05) is 24.3 Å².